The Morgan fingerprint density at radius 3 is 2.93 bits per heavy atom. The van der Waals surface area contributed by atoms with Gasteiger partial charge < -0.3 is 9.88 Å². The molecular weight excluding hydrogens is 206 g/mol. The standard InChI is InChI=1S/C11H21N3S/c1-4-6-12-11-13-7-8-14(11)10(5-2)9-15-3/h7-8,10H,4-6,9H2,1-3H3,(H,12,13). The van der Waals surface area contributed by atoms with Crippen LogP contribution in [0.4, 0.5) is 5.95 Å². The summed E-state index contributed by atoms with van der Waals surface area (Å²) in [7, 11) is 0. The molecule has 0 bridgehead atoms. The molecule has 1 rings (SSSR count). The minimum atomic E-state index is 0.557. The lowest BCUT2D eigenvalue weighted by molar-refractivity contribution is 0.544. The number of hydrogen-bond acceptors (Lipinski definition) is 3. The Bertz CT molecular complexity index is 273. The molecule has 0 amide bonds. The lowest BCUT2D eigenvalue weighted by atomic mass is 10.2. The number of nitrogens with zero attached hydrogens (tertiary/aromatic N) is 2. The number of rotatable bonds is 7. The molecule has 0 saturated carbocycles. The minimum Gasteiger partial charge on any atom is -0.356 e. The van der Waals surface area contributed by atoms with E-state index in [4.69, 9.17) is 0 Å². The molecule has 0 aliphatic carbocycles. The van der Waals surface area contributed by atoms with E-state index in [0.717, 1.165) is 31.1 Å². The van der Waals surface area contributed by atoms with E-state index in [9.17, 15) is 0 Å². The van der Waals surface area contributed by atoms with Crippen LogP contribution in [-0.4, -0.2) is 28.1 Å². The van der Waals surface area contributed by atoms with Crippen LogP contribution in [0.5, 0.6) is 0 Å². The van der Waals surface area contributed by atoms with E-state index in [0.29, 0.717) is 6.04 Å². The zero-order valence-corrected chi connectivity index (χ0v) is 10.7. The highest BCUT2D eigenvalue weighted by Crippen LogP contribution is 2.20. The summed E-state index contributed by atoms with van der Waals surface area (Å²) in [6.45, 7) is 5.39. The van der Waals surface area contributed by atoms with E-state index in [2.05, 4.69) is 41.2 Å². The third-order valence-electron chi connectivity index (χ3n) is 2.43. The van der Waals surface area contributed by atoms with Gasteiger partial charge in [-0.15, -0.1) is 0 Å². The molecule has 0 spiro atoms. The summed E-state index contributed by atoms with van der Waals surface area (Å²) >= 11 is 1.89. The molecule has 0 aliphatic rings. The van der Waals surface area contributed by atoms with Gasteiger partial charge in [-0.2, -0.15) is 11.8 Å². The maximum atomic E-state index is 4.35. The van der Waals surface area contributed by atoms with E-state index in [-0.39, 0.29) is 0 Å². The van der Waals surface area contributed by atoms with Crippen molar-refractivity contribution >= 4 is 17.7 Å². The van der Waals surface area contributed by atoms with Crippen molar-refractivity contribution in [3.05, 3.63) is 12.4 Å². The van der Waals surface area contributed by atoms with Crippen molar-refractivity contribution in [2.24, 2.45) is 0 Å². The molecular formula is C11H21N3S. The summed E-state index contributed by atoms with van der Waals surface area (Å²) in [5, 5.41) is 3.36. The first-order valence-electron chi connectivity index (χ1n) is 5.59. The highest BCUT2D eigenvalue weighted by Gasteiger charge is 2.11. The smallest absolute Gasteiger partial charge is 0.203 e. The fourth-order valence-corrected chi connectivity index (χ4v) is 2.35. The fraction of sp³-hybridized carbons (Fsp3) is 0.727. The van der Waals surface area contributed by atoms with Crippen molar-refractivity contribution in [3.8, 4) is 0 Å². The Labute approximate surface area is 96.7 Å². The molecule has 15 heavy (non-hydrogen) atoms. The molecule has 1 N–H and O–H groups in total. The Morgan fingerprint density at radius 2 is 2.33 bits per heavy atom. The molecule has 1 heterocycles. The van der Waals surface area contributed by atoms with E-state index in [1.54, 1.807) is 0 Å². The van der Waals surface area contributed by atoms with Crippen molar-refractivity contribution in [2.75, 3.05) is 23.9 Å². The molecule has 1 unspecified atom stereocenters. The Balaban J connectivity index is 2.68. The highest BCUT2D eigenvalue weighted by atomic mass is 32.2. The molecule has 0 aromatic carbocycles. The second-order valence-electron chi connectivity index (χ2n) is 3.60. The van der Waals surface area contributed by atoms with E-state index < -0.39 is 0 Å². The second kappa shape index (κ2) is 6.77. The van der Waals surface area contributed by atoms with Crippen molar-refractivity contribution in [3.63, 3.8) is 0 Å². The summed E-state index contributed by atoms with van der Waals surface area (Å²) in [6, 6.07) is 0.557. The summed E-state index contributed by atoms with van der Waals surface area (Å²) in [6.07, 6.45) is 8.38. The Hall–Kier alpha value is -0.640. The van der Waals surface area contributed by atoms with Crippen LogP contribution in [0, 0.1) is 0 Å². The van der Waals surface area contributed by atoms with Crippen molar-refractivity contribution < 1.29 is 0 Å². The van der Waals surface area contributed by atoms with Crippen LogP contribution < -0.4 is 5.32 Å². The van der Waals surface area contributed by atoms with Gasteiger partial charge >= 0.3 is 0 Å². The number of aromatic nitrogens is 2. The largest absolute Gasteiger partial charge is 0.356 e. The van der Waals surface area contributed by atoms with E-state index in [1.165, 1.54) is 0 Å². The summed E-state index contributed by atoms with van der Waals surface area (Å²) < 4.78 is 2.26. The van der Waals surface area contributed by atoms with Gasteiger partial charge in [-0.05, 0) is 19.1 Å². The maximum Gasteiger partial charge on any atom is 0.203 e. The van der Waals surface area contributed by atoms with Gasteiger partial charge in [0, 0.05) is 30.7 Å². The third-order valence-corrected chi connectivity index (χ3v) is 3.14. The zero-order chi connectivity index (χ0) is 11.1. The average Bonchev–Trinajstić information content (AvgIpc) is 2.71. The molecule has 4 heteroatoms. The average molecular weight is 227 g/mol. The van der Waals surface area contributed by atoms with Gasteiger partial charge in [-0.3, -0.25) is 0 Å². The molecule has 1 aromatic heterocycles. The summed E-state index contributed by atoms with van der Waals surface area (Å²) in [5.41, 5.74) is 0. The van der Waals surface area contributed by atoms with Gasteiger partial charge in [0.05, 0.1) is 0 Å². The number of hydrogen-bond donors (Lipinski definition) is 1. The van der Waals surface area contributed by atoms with E-state index >= 15 is 0 Å². The van der Waals surface area contributed by atoms with Crippen LogP contribution in [0.1, 0.15) is 32.7 Å². The molecule has 0 saturated heterocycles. The lowest BCUT2D eigenvalue weighted by Crippen LogP contribution is -2.14. The predicted octanol–water partition coefficient (Wildman–Crippen LogP) is 3.02. The van der Waals surface area contributed by atoms with Crippen LogP contribution >= 0.6 is 11.8 Å². The van der Waals surface area contributed by atoms with Crippen LogP contribution in [0.25, 0.3) is 0 Å². The van der Waals surface area contributed by atoms with Gasteiger partial charge in [0.25, 0.3) is 0 Å². The molecule has 0 radical (unpaired) electrons. The topological polar surface area (TPSA) is 29.9 Å². The highest BCUT2D eigenvalue weighted by molar-refractivity contribution is 7.98. The van der Waals surface area contributed by atoms with Crippen LogP contribution in [0.3, 0.4) is 0 Å². The van der Waals surface area contributed by atoms with Crippen molar-refractivity contribution in [1.29, 1.82) is 0 Å². The number of thioether (sulfide) groups is 1. The maximum absolute atomic E-state index is 4.35. The quantitative estimate of drug-likeness (QED) is 0.776. The predicted molar refractivity (Wildman–Crippen MR) is 68.7 cm³/mol. The molecule has 3 nitrogen and oxygen atoms in total. The normalized spacial score (nSPS) is 12.7. The third kappa shape index (κ3) is 3.45. The first-order chi connectivity index (χ1) is 7.33. The summed E-state index contributed by atoms with van der Waals surface area (Å²) in [5.74, 6) is 2.16. The number of anilines is 1. The van der Waals surface area contributed by atoms with Crippen LogP contribution in [0.15, 0.2) is 12.4 Å². The molecule has 0 fully saturated rings. The van der Waals surface area contributed by atoms with Crippen molar-refractivity contribution in [2.45, 2.75) is 32.7 Å². The molecule has 1 atom stereocenters. The van der Waals surface area contributed by atoms with Gasteiger partial charge in [-0.25, -0.2) is 4.98 Å². The molecule has 0 aliphatic heterocycles. The second-order valence-corrected chi connectivity index (χ2v) is 4.51. The molecule has 1 aromatic rings. The lowest BCUT2D eigenvalue weighted by Gasteiger charge is -2.18. The number of nitrogens with one attached hydrogen (secondary N) is 1. The van der Waals surface area contributed by atoms with Gasteiger partial charge in [0.2, 0.25) is 5.95 Å². The zero-order valence-electron chi connectivity index (χ0n) is 9.86. The number of imidazole rings is 1. The fourth-order valence-electron chi connectivity index (χ4n) is 1.57. The first kappa shape index (κ1) is 12.4. The minimum absolute atomic E-state index is 0.557. The van der Waals surface area contributed by atoms with Gasteiger partial charge in [-0.1, -0.05) is 13.8 Å². The van der Waals surface area contributed by atoms with Crippen LogP contribution in [0.2, 0.25) is 0 Å². The monoisotopic (exact) mass is 227 g/mol. The Kier molecular flexibility index (Phi) is 5.61. The Morgan fingerprint density at radius 1 is 1.53 bits per heavy atom. The SMILES string of the molecule is CCCNc1nccn1C(CC)CSC. The van der Waals surface area contributed by atoms with Gasteiger partial charge in [0.1, 0.15) is 0 Å². The molecule has 86 valence electrons. The van der Waals surface area contributed by atoms with Gasteiger partial charge in [0.15, 0.2) is 0 Å². The van der Waals surface area contributed by atoms with Crippen LogP contribution in [-0.2, 0) is 0 Å². The van der Waals surface area contributed by atoms with E-state index in [1.807, 2.05) is 18.0 Å². The first-order valence-corrected chi connectivity index (χ1v) is 6.98. The van der Waals surface area contributed by atoms with Crippen molar-refractivity contribution in [1.82, 2.24) is 9.55 Å². The summed E-state index contributed by atoms with van der Waals surface area (Å²) in [4.78, 5) is 4.35.